The van der Waals surface area contributed by atoms with Gasteiger partial charge in [-0.05, 0) is 56.0 Å². The van der Waals surface area contributed by atoms with Crippen molar-refractivity contribution in [1.82, 2.24) is 9.97 Å². The van der Waals surface area contributed by atoms with Gasteiger partial charge in [-0.25, -0.2) is 9.97 Å². The van der Waals surface area contributed by atoms with Gasteiger partial charge in [0.05, 0.1) is 11.2 Å². The van der Waals surface area contributed by atoms with E-state index < -0.39 is 0 Å². The van der Waals surface area contributed by atoms with Crippen LogP contribution in [0.5, 0.6) is 0 Å². The van der Waals surface area contributed by atoms with Crippen LogP contribution in [0.2, 0.25) is 0 Å². The van der Waals surface area contributed by atoms with Gasteiger partial charge in [-0.2, -0.15) is 0 Å². The Kier molecular flexibility index (Phi) is 5.04. The molecule has 1 heterocycles. The van der Waals surface area contributed by atoms with Gasteiger partial charge in [-0.3, -0.25) is 4.79 Å². The first-order chi connectivity index (χ1) is 14.4. The lowest BCUT2D eigenvalue weighted by molar-refractivity contribution is 0.105. The second kappa shape index (κ2) is 7.68. The third-order valence-electron chi connectivity index (χ3n) is 5.85. The summed E-state index contributed by atoms with van der Waals surface area (Å²) in [6, 6.07) is 17.6. The van der Waals surface area contributed by atoms with Crippen molar-refractivity contribution in [2.24, 2.45) is 0 Å². The first kappa shape index (κ1) is 19.7. The fourth-order valence-corrected chi connectivity index (χ4v) is 3.73. The number of rotatable bonds is 4. The van der Waals surface area contributed by atoms with E-state index in [1.807, 2.05) is 55.5 Å². The molecule has 0 bridgehead atoms. The topological polar surface area (TPSA) is 42.9 Å². The number of fused-ring (bicyclic) bond motifs is 1. The predicted molar refractivity (Wildman–Crippen MR) is 124 cm³/mol. The van der Waals surface area contributed by atoms with Crippen LogP contribution in [-0.4, -0.2) is 15.8 Å². The minimum absolute atomic E-state index is 0.0582. The van der Waals surface area contributed by atoms with Crippen molar-refractivity contribution in [2.75, 3.05) is 0 Å². The van der Waals surface area contributed by atoms with Crippen LogP contribution in [0.4, 0.5) is 0 Å². The highest BCUT2D eigenvalue weighted by Gasteiger charge is 2.15. The second-order valence-electron chi connectivity index (χ2n) is 7.81. The molecule has 0 amide bonds. The van der Waals surface area contributed by atoms with E-state index in [0.29, 0.717) is 11.1 Å². The zero-order valence-corrected chi connectivity index (χ0v) is 17.8. The van der Waals surface area contributed by atoms with Crippen LogP contribution in [-0.2, 0) is 0 Å². The summed E-state index contributed by atoms with van der Waals surface area (Å²) in [4.78, 5) is 21.8. The van der Waals surface area contributed by atoms with E-state index in [1.165, 1.54) is 16.7 Å². The average molecular weight is 393 g/mol. The molecule has 0 N–H and O–H groups in total. The fourth-order valence-electron chi connectivity index (χ4n) is 3.73. The SMILES string of the molecule is C=C(C(=O)c1ccc(C)cc1)c1ccc(-c2ncnc3cc(C)c(C)c(C)c23)cc1. The number of carbonyl (C=O) groups excluding carboxylic acids is 1. The van der Waals surface area contributed by atoms with Crippen LogP contribution in [0.3, 0.4) is 0 Å². The number of Topliss-reactive ketones (excluding diaryl/α,β-unsaturated/α-hetero) is 1. The Hall–Kier alpha value is -3.59. The van der Waals surface area contributed by atoms with Crippen molar-refractivity contribution >= 4 is 22.3 Å². The molecule has 0 atom stereocenters. The predicted octanol–water partition coefficient (Wildman–Crippen LogP) is 6.43. The van der Waals surface area contributed by atoms with E-state index in [0.717, 1.165) is 33.3 Å². The number of allylic oxidation sites excluding steroid dienone is 1. The van der Waals surface area contributed by atoms with E-state index in [2.05, 4.69) is 43.4 Å². The van der Waals surface area contributed by atoms with Crippen LogP contribution in [0.15, 0.2) is 67.5 Å². The maximum atomic E-state index is 12.8. The number of hydrogen-bond donors (Lipinski definition) is 0. The third kappa shape index (κ3) is 3.43. The first-order valence-corrected chi connectivity index (χ1v) is 9.99. The van der Waals surface area contributed by atoms with Crippen LogP contribution in [0, 0.1) is 27.7 Å². The molecule has 1 aromatic heterocycles. The molecule has 3 heteroatoms. The number of benzene rings is 3. The molecular formula is C27H24N2O. The summed E-state index contributed by atoms with van der Waals surface area (Å²) in [6.45, 7) is 12.4. The van der Waals surface area contributed by atoms with Gasteiger partial charge in [-0.15, -0.1) is 0 Å². The van der Waals surface area contributed by atoms with Gasteiger partial charge < -0.3 is 0 Å². The molecule has 0 radical (unpaired) electrons. The zero-order chi connectivity index (χ0) is 21.4. The summed E-state index contributed by atoms with van der Waals surface area (Å²) in [7, 11) is 0. The fraction of sp³-hybridized carbons (Fsp3) is 0.148. The van der Waals surface area contributed by atoms with E-state index in [9.17, 15) is 4.79 Å². The van der Waals surface area contributed by atoms with Gasteiger partial charge >= 0.3 is 0 Å². The van der Waals surface area contributed by atoms with Crippen molar-refractivity contribution < 1.29 is 4.79 Å². The molecule has 0 aliphatic carbocycles. The summed E-state index contributed by atoms with van der Waals surface area (Å²) in [5.41, 5.74) is 9.60. The van der Waals surface area contributed by atoms with E-state index in [4.69, 9.17) is 0 Å². The maximum Gasteiger partial charge on any atom is 0.193 e. The van der Waals surface area contributed by atoms with Crippen LogP contribution in [0.25, 0.3) is 27.7 Å². The summed E-state index contributed by atoms with van der Waals surface area (Å²) in [5, 5.41) is 1.07. The molecule has 0 saturated heterocycles. The summed E-state index contributed by atoms with van der Waals surface area (Å²) in [6.07, 6.45) is 1.61. The number of aryl methyl sites for hydroxylation is 3. The molecule has 4 rings (SSSR count). The lowest BCUT2D eigenvalue weighted by Gasteiger charge is -2.13. The minimum Gasteiger partial charge on any atom is -0.289 e. The van der Waals surface area contributed by atoms with Gasteiger partial charge in [0.15, 0.2) is 5.78 Å². The van der Waals surface area contributed by atoms with E-state index in [-0.39, 0.29) is 5.78 Å². The standard InChI is InChI=1S/C27H24N2O/c1-16-6-8-23(9-7-16)27(30)20(5)21-10-12-22(13-11-21)26-25-19(4)18(3)17(2)14-24(25)28-15-29-26/h6-15H,5H2,1-4H3. The molecule has 0 saturated carbocycles. The average Bonchev–Trinajstić information content (AvgIpc) is 2.77. The van der Waals surface area contributed by atoms with Crippen LogP contribution >= 0.6 is 0 Å². The Morgan fingerprint density at radius 1 is 0.800 bits per heavy atom. The summed E-state index contributed by atoms with van der Waals surface area (Å²) < 4.78 is 0. The molecule has 0 spiro atoms. The van der Waals surface area contributed by atoms with Crippen molar-refractivity contribution in [1.29, 1.82) is 0 Å². The second-order valence-corrected chi connectivity index (χ2v) is 7.81. The molecule has 3 nitrogen and oxygen atoms in total. The molecule has 148 valence electrons. The Morgan fingerprint density at radius 2 is 1.43 bits per heavy atom. The van der Waals surface area contributed by atoms with Crippen molar-refractivity contribution in [3.8, 4) is 11.3 Å². The molecular weight excluding hydrogens is 368 g/mol. The lowest BCUT2D eigenvalue weighted by atomic mass is 9.94. The zero-order valence-electron chi connectivity index (χ0n) is 17.8. The first-order valence-electron chi connectivity index (χ1n) is 9.99. The molecule has 0 aliphatic heterocycles. The number of carbonyl (C=O) groups is 1. The Labute approximate surface area is 177 Å². The quantitative estimate of drug-likeness (QED) is 0.297. The molecule has 30 heavy (non-hydrogen) atoms. The van der Waals surface area contributed by atoms with Crippen molar-refractivity contribution in [3.63, 3.8) is 0 Å². The van der Waals surface area contributed by atoms with Gasteiger partial charge in [0.1, 0.15) is 6.33 Å². The van der Waals surface area contributed by atoms with Gasteiger partial charge in [0.2, 0.25) is 0 Å². The Bertz CT molecular complexity index is 1280. The van der Waals surface area contributed by atoms with Gasteiger partial charge in [0, 0.05) is 22.1 Å². The van der Waals surface area contributed by atoms with Crippen molar-refractivity contribution in [3.05, 3.63) is 101 Å². The third-order valence-corrected chi connectivity index (χ3v) is 5.85. The lowest BCUT2D eigenvalue weighted by Crippen LogP contribution is -2.02. The smallest absolute Gasteiger partial charge is 0.193 e. The van der Waals surface area contributed by atoms with Gasteiger partial charge in [0.25, 0.3) is 0 Å². The summed E-state index contributed by atoms with van der Waals surface area (Å²) in [5.74, 6) is -0.0582. The molecule has 3 aromatic carbocycles. The molecule has 0 fully saturated rings. The van der Waals surface area contributed by atoms with Crippen LogP contribution < -0.4 is 0 Å². The Morgan fingerprint density at radius 3 is 2.10 bits per heavy atom. The normalized spacial score (nSPS) is 10.9. The molecule has 0 unspecified atom stereocenters. The molecule has 0 aliphatic rings. The number of nitrogens with zero attached hydrogens (tertiary/aromatic N) is 2. The van der Waals surface area contributed by atoms with Crippen molar-refractivity contribution in [2.45, 2.75) is 27.7 Å². The number of aromatic nitrogens is 2. The Balaban J connectivity index is 1.71. The molecule has 4 aromatic rings. The van der Waals surface area contributed by atoms with Crippen LogP contribution in [0.1, 0.15) is 38.2 Å². The minimum atomic E-state index is -0.0582. The number of ketones is 1. The van der Waals surface area contributed by atoms with Gasteiger partial charge in [-0.1, -0.05) is 60.7 Å². The maximum absolute atomic E-state index is 12.8. The van der Waals surface area contributed by atoms with E-state index in [1.54, 1.807) is 6.33 Å². The largest absolute Gasteiger partial charge is 0.289 e. The highest BCUT2D eigenvalue weighted by atomic mass is 16.1. The highest BCUT2D eigenvalue weighted by molar-refractivity contribution is 6.28. The highest BCUT2D eigenvalue weighted by Crippen LogP contribution is 2.32. The summed E-state index contributed by atoms with van der Waals surface area (Å²) >= 11 is 0. The number of hydrogen-bond acceptors (Lipinski definition) is 3. The van der Waals surface area contributed by atoms with E-state index >= 15 is 0 Å². The monoisotopic (exact) mass is 392 g/mol.